The lowest BCUT2D eigenvalue weighted by molar-refractivity contribution is -0.132. The molecule has 1 amide bonds. The summed E-state index contributed by atoms with van der Waals surface area (Å²) < 4.78 is 32.7. The second-order valence-electron chi connectivity index (χ2n) is 7.06. The van der Waals surface area contributed by atoms with Crippen molar-refractivity contribution in [2.45, 2.75) is 58.2 Å². The van der Waals surface area contributed by atoms with Gasteiger partial charge in [0.1, 0.15) is 11.5 Å². The number of nitrogens with zero attached hydrogens (tertiary/aromatic N) is 1. The number of rotatable bonds is 7. The van der Waals surface area contributed by atoms with E-state index in [0.29, 0.717) is 18.0 Å². The molecule has 0 saturated carbocycles. The standard InChI is InChI=1S/C18H29N3O4S/c1-13(2)25-16-9-7-15(8-10-16)20-26(23,24)12-18(22)21-11-5-4-6-17(21)14(3)19/h7-10,13-14,17,20H,4-6,11-12,19H2,1-3H3. The van der Waals surface area contributed by atoms with Crippen molar-refractivity contribution in [1.29, 1.82) is 0 Å². The van der Waals surface area contributed by atoms with Gasteiger partial charge in [0.15, 0.2) is 0 Å². The zero-order valence-electron chi connectivity index (χ0n) is 15.6. The van der Waals surface area contributed by atoms with Crippen molar-refractivity contribution in [1.82, 2.24) is 4.90 Å². The minimum absolute atomic E-state index is 0.0394. The van der Waals surface area contributed by atoms with Crippen LogP contribution >= 0.6 is 0 Å². The number of carbonyl (C=O) groups excluding carboxylic acids is 1. The molecule has 1 fully saturated rings. The number of carbonyl (C=O) groups is 1. The molecule has 8 heteroatoms. The number of hydrogen-bond donors (Lipinski definition) is 2. The van der Waals surface area contributed by atoms with Gasteiger partial charge in [-0.25, -0.2) is 8.42 Å². The number of piperidine rings is 1. The smallest absolute Gasteiger partial charge is 0.241 e. The summed E-state index contributed by atoms with van der Waals surface area (Å²) in [7, 11) is -3.79. The van der Waals surface area contributed by atoms with E-state index in [2.05, 4.69) is 4.72 Å². The van der Waals surface area contributed by atoms with Crippen LogP contribution in [0, 0.1) is 0 Å². The molecular weight excluding hydrogens is 354 g/mol. The Morgan fingerprint density at radius 1 is 1.27 bits per heavy atom. The fourth-order valence-electron chi connectivity index (χ4n) is 3.15. The Labute approximate surface area is 155 Å². The van der Waals surface area contributed by atoms with E-state index < -0.39 is 21.7 Å². The molecular formula is C18H29N3O4S. The molecule has 0 spiro atoms. The van der Waals surface area contributed by atoms with Crippen LogP contribution < -0.4 is 15.2 Å². The maximum Gasteiger partial charge on any atom is 0.241 e. The highest BCUT2D eigenvalue weighted by atomic mass is 32.2. The van der Waals surface area contributed by atoms with Crippen molar-refractivity contribution < 1.29 is 17.9 Å². The van der Waals surface area contributed by atoms with Gasteiger partial charge in [-0.1, -0.05) is 0 Å². The minimum Gasteiger partial charge on any atom is -0.491 e. The summed E-state index contributed by atoms with van der Waals surface area (Å²) in [4.78, 5) is 14.1. The van der Waals surface area contributed by atoms with Crippen molar-refractivity contribution >= 4 is 21.6 Å². The summed E-state index contributed by atoms with van der Waals surface area (Å²) in [6.07, 6.45) is 2.73. The predicted molar refractivity (Wildman–Crippen MR) is 103 cm³/mol. The Balaban J connectivity index is 2.00. The highest BCUT2D eigenvalue weighted by Crippen LogP contribution is 2.21. The van der Waals surface area contributed by atoms with Crippen LogP contribution in [0.5, 0.6) is 5.75 Å². The highest BCUT2D eigenvalue weighted by molar-refractivity contribution is 7.93. The second kappa shape index (κ2) is 8.73. The fourth-order valence-corrected chi connectivity index (χ4v) is 4.21. The SMILES string of the molecule is CC(C)Oc1ccc(NS(=O)(=O)CC(=O)N2CCCCC2C(C)N)cc1. The highest BCUT2D eigenvalue weighted by Gasteiger charge is 2.31. The number of amides is 1. The quantitative estimate of drug-likeness (QED) is 0.749. The summed E-state index contributed by atoms with van der Waals surface area (Å²) >= 11 is 0. The third-order valence-electron chi connectivity index (χ3n) is 4.29. The van der Waals surface area contributed by atoms with Crippen LogP contribution in [0.15, 0.2) is 24.3 Å². The lowest BCUT2D eigenvalue weighted by atomic mass is 9.97. The van der Waals surface area contributed by atoms with Crippen molar-refractivity contribution in [3.05, 3.63) is 24.3 Å². The molecule has 0 radical (unpaired) electrons. The summed E-state index contributed by atoms with van der Waals surface area (Å²) in [5, 5.41) is 0. The largest absolute Gasteiger partial charge is 0.491 e. The van der Waals surface area contributed by atoms with Gasteiger partial charge >= 0.3 is 0 Å². The summed E-state index contributed by atoms with van der Waals surface area (Å²) in [5.74, 6) is -0.327. The van der Waals surface area contributed by atoms with E-state index in [1.807, 2.05) is 20.8 Å². The number of nitrogens with one attached hydrogen (secondary N) is 1. The number of sulfonamides is 1. The average Bonchev–Trinajstić information content (AvgIpc) is 2.55. The molecule has 1 aliphatic rings. The molecule has 0 aromatic heterocycles. The van der Waals surface area contributed by atoms with Gasteiger partial charge in [0.25, 0.3) is 0 Å². The number of ether oxygens (including phenoxy) is 1. The zero-order valence-corrected chi connectivity index (χ0v) is 16.5. The maximum absolute atomic E-state index is 12.5. The van der Waals surface area contributed by atoms with Crippen molar-refractivity contribution in [2.75, 3.05) is 17.0 Å². The third-order valence-corrected chi connectivity index (χ3v) is 5.46. The average molecular weight is 384 g/mol. The van der Waals surface area contributed by atoms with Gasteiger partial charge < -0.3 is 15.4 Å². The molecule has 2 unspecified atom stereocenters. The number of nitrogens with two attached hydrogens (primary N) is 1. The van der Waals surface area contributed by atoms with Crippen molar-refractivity contribution in [3.63, 3.8) is 0 Å². The van der Waals surface area contributed by atoms with E-state index in [-0.39, 0.29) is 18.2 Å². The van der Waals surface area contributed by atoms with Crippen molar-refractivity contribution in [2.24, 2.45) is 5.73 Å². The van der Waals surface area contributed by atoms with Crippen LogP contribution in [-0.4, -0.2) is 49.7 Å². The van der Waals surface area contributed by atoms with Crippen LogP contribution in [0.2, 0.25) is 0 Å². The van der Waals surface area contributed by atoms with E-state index in [1.165, 1.54) is 0 Å². The molecule has 0 bridgehead atoms. The Morgan fingerprint density at radius 3 is 2.50 bits per heavy atom. The lowest BCUT2D eigenvalue weighted by Crippen LogP contribution is -2.53. The second-order valence-corrected chi connectivity index (χ2v) is 8.78. The molecule has 2 atom stereocenters. The first-order valence-electron chi connectivity index (χ1n) is 9.00. The normalized spacial score (nSPS) is 19.3. The van der Waals surface area contributed by atoms with E-state index in [1.54, 1.807) is 29.2 Å². The molecule has 1 aromatic carbocycles. The van der Waals surface area contributed by atoms with Crippen LogP contribution in [0.3, 0.4) is 0 Å². The monoisotopic (exact) mass is 383 g/mol. The maximum atomic E-state index is 12.5. The zero-order chi connectivity index (χ0) is 19.3. The fraction of sp³-hybridized carbons (Fsp3) is 0.611. The molecule has 1 heterocycles. The summed E-state index contributed by atoms with van der Waals surface area (Å²) in [5.41, 5.74) is 6.36. The first-order chi connectivity index (χ1) is 12.2. The number of hydrogen-bond acceptors (Lipinski definition) is 5. The Bertz CT molecular complexity index is 702. The van der Waals surface area contributed by atoms with Gasteiger partial charge in [-0.05, 0) is 64.3 Å². The molecule has 26 heavy (non-hydrogen) atoms. The molecule has 2 rings (SSSR count). The van der Waals surface area contributed by atoms with Crippen LogP contribution in [-0.2, 0) is 14.8 Å². The van der Waals surface area contributed by atoms with Crippen molar-refractivity contribution in [3.8, 4) is 5.75 Å². The number of likely N-dealkylation sites (tertiary alicyclic amines) is 1. The van der Waals surface area contributed by atoms with E-state index in [4.69, 9.17) is 10.5 Å². The van der Waals surface area contributed by atoms with Gasteiger partial charge in [0.05, 0.1) is 6.10 Å². The Morgan fingerprint density at radius 2 is 1.92 bits per heavy atom. The molecule has 1 aliphatic heterocycles. The molecule has 146 valence electrons. The van der Waals surface area contributed by atoms with Crippen LogP contribution in [0.4, 0.5) is 5.69 Å². The Hall–Kier alpha value is -1.80. The van der Waals surface area contributed by atoms with E-state index in [0.717, 1.165) is 19.3 Å². The van der Waals surface area contributed by atoms with Gasteiger partial charge in [-0.15, -0.1) is 0 Å². The minimum atomic E-state index is -3.79. The molecule has 1 aromatic rings. The summed E-state index contributed by atoms with van der Waals surface area (Å²) in [6.45, 7) is 6.24. The predicted octanol–water partition coefficient (Wildman–Crippen LogP) is 1.94. The van der Waals surface area contributed by atoms with Crippen LogP contribution in [0.25, 0.3) is 0 Å². The molecule has 3 N–H and O–H groups in total. The molecule has 7 nitrogen and oxygen atoms in total. The first kappa shape index (κ1) is 20.5. The van der Waals surface area contributed by atoms with Gasteiger partial charge in [0, 0.05) is 24.3 Å². The van der Waals surface area contributed by atoms with Gasteiger partial charge in [-0.3, -0.25) is 9.52 Å². The van der Waals surface area contributed by atoms with E-state index in [9.17, 15) is 13.2 Å². The Kier molecular flexibility index (Phi) is 6.88. The number of anilines is 1. The van der Waals surface area contributed by atoms with Gasteiger partial charge in [0.2, 0.25) is 15.9 Å². The summed E-state index contributed by atoms with van der Waals surface area (Å²) in [6, 6.07) is 6.34. The number of benzene rings is 1. The molecule has 0 aliphatic carbocycles. The first-order valence-corrected chi connectivity index (χ1v) is 10.7. The lowest BCUT2D eigenvalue weighted by Gasteiger charge is -2.38. The third kappa shape index (κ3) is 5.88. The molecule has 1 saturated heterocycles. The van der Waals surface area contributed by atoms with Gasteiger partial charge in [-0.2, -0.15) is 0 Å². The van der Waals surface area contributed by atoms with E-state index >= 15 is 0 Å². The van der Waals surface area contributed by atoms with Crippen LogP contribution in [0.1, 0.15) is 40.0 Å². The topological polar surface area (TPSA) is 102 Å².